The highest BCUT2D eigenvalue weighted by Gasteiger charge is 2.14. The van der Waals surface area contributed by atoms with Gasteiger partial charge in [-0.05, 0) is 44.5 Å². The molecule has 6 nitrogen and oxygen atoms in total. The Hall–Kier alpha value is -2.76. The molecule has 23 heavy (non-hydrogen) atoms. The van der Waals surface area contributed by atoms with Crippen molar-refractivity contribution in [2.45, 2.75) is 20.3 Å². The summed E-state index contributed by atoms with van der Waals surface area (Å²) in [6.07, 6.45) is 2.17. The number of nitrogens with one attached hydrogen (secondary N) is 2. The summed E-state index contributed by atoms with van der Waals surface area (Å²) in [7, 11) is 0. The number of carbonyl (C=O) groups excluding carboxylic acids is 2. The molecule has 0 saturated heterocycles. The van der Waals surface area contributed by atoms with E-state index in [-0.39, 0.29) is 17.6 Å². The summed E-state index contributed by atoms with van der Waals surface area (Å²) in [5.74, 6) is 0.339. The smallest absolute Gasteiger partial charge is 0.255 e. The molecule has 0 radical (unpaired) electrons. The Morgan fingerprint density at radius 2 is 1.65 bits per heavy atom. The molecule has 0 aliphatic rings. The minimum Gasteiger partial charge on any atom is -0.508 e. The second-order valence-corrected chi connectivity index (χ2v) is 5.26. The minimum absolute atomic E-state index is 0.120. The molecule has 0 bridgehead atoms. The highest BCUT2D eigenvalue weighted by atomic mass is 16.3. The van der Waals surface area contributed by atoms with Crippen LogP contribution in [0.5, 0.6) is 5.75 Å². The van der Waals surface area contributed by atoms with Crippen LogP contribution in [0.15, 0.2) is 34.9 Å². The lowest BCUT2D eigenvalue weighted by atomic mass is 10.1. The van der Waals surface area contributed by atoms with E-state index in [0.717, 1.165) is 5.56 Å². The molecule has 2 rings (SSSR count). The van der Waals surface area contributed by atoms with Crippen molar-refractivity contribution >= 4 is 11.8 Å². The molecule has 1 aromatic heterocycles. The zero-order valence-electron chi connectivity index (χ0n) is 13.2. The largest absolute Gasteiger partial charge is 0.508 e. The van der Waals surface area contributed by atoms with Gasteiger partial charge in [-0.2, -0.15) is 0 Å². The SMILES string of the molecule is Cc1coc(C)c1C(=O)NCCCNC(=O)c1ccc(O)cc1. The van der Waals surface area contributed by atoms with Crippen molar-refractivity contribution < 1.29 is 19.1 Å². The maximum Gasteiger partial charge on any atom is 0.255 e. The first-order chi connectivity index (χ1) is 11.0. The van der Waals surface area contributed by atoms with Crippen LogP contribution in [0.2, 0.25) is 0 Å². The van der Waals surface area contributed by atoms with Gasteiger partial charge in [0.1, 0.15) is 11.5 Å². The van der Waals surface area contributed by atoms with Gasteiger partial charge in [-0.1, -0.05) is 0 Å². The highest BCUT2D eigenvalue weighted by Crippen LogP contribution is 2.14. The van der Waals surface area contributed by atoms with Crippen LogP contribution in [0.25, 0.3) is 0 Å². The van der Waals surface area contributed by atoms with E-state index in [2.05, 4.69) is 10.6 Å². The quantitative estimate of drug-likeness (QED) is 0.712. The fourth-order valence-electron chi connectivity index (χ4n) is 2.21. The molecule has 0 spiro atoms. The molecule has 6 heteroatoms. The number of hydrogen-bond acceptors (Lipinski definition) is 4. The molecular formula is C17H20N2O4. The number of carbonyl (C=O) groups is 2. The van der Waals surface area contributed by atoms with E-state index in [1.165, 1.54) is 12.1 Å². The highest BCUT2D eigenvalue weighted by molar-refractivity contribution is 5.96. The van der Waals surface area contributed by atoms with Crippen molar-refractivity contribution in [2.75, 3.05) is 13.1 Å². The van der Waals surface area contributed by atoms with E-state index in [4.69, 9.17) is 4.42 Å². The van der Waals surface area contributed by atoms with Crippen LogP contribution < -0.4 is 10.6 Å². The molecule has 1 aromatic carbocycles. The van der Waals surface area contributed by atoms with E-state index in [1.807, 2.05) is 6.92 Å². The van der Waals surface area contributed by atoms with E-state index in [1.54, 1.807) is 25.3 Å². The van der Waals surface area contributed by atoms with Crippen molar-refractivity contribution in [3.63, 3.8) is 0 Å². The monoisotopic (exact) mass is 316 g/mol. The number of amides is 2. The summed E-state index contributed by atoms with van der Waals surface area (Å²) in [6.45, 7) is 4.48. The van der Waals surface area contributed by atoms with Gasteiger partial charge in [-0.15, -0.1) is 0 Å². The summed E-state index contributed by atoms with van der Waals surface area (Å²) in [5, 5.41) is 14.7. The molecule has 3 N–H and O–H groups in total. The van der Waals surface area contributed by atoms with Crippen LogP contribution in [0.4, 0.5) is 0 Å². The summed E-state index contributed by atoms with van der Waals surface area (Å²) in [6, 6.07) is 6.03. The third-order valence-corrected chi connectivity index (χ3v) is 3.44. The number of aromatic hydroxyl groups is 1. The van der Waals surface area contributed by atoms with Gasteiger partial charge in [0, 0.05) is 24.2 Å². The van der Waals surface area contributed by atoms with Crippen LogP contribution in [-0.2, 0) is 0 Å². The lowest BCUT2D eigenvalue weighted by molar-refractivity contribution is 0.0950. The Morgan fingerprint density at radius 3 is 2.22 bits per heavy atom. The van der Waals surface area contributed by atoms with E-state index in [0.29, 0.717) is 36.4 Å². The second-order valence-electron chi connectivity index (χ2n) is 5.26. The Balaban J connectivity index is 1.71. The topological polar surface area (TPSA) is 91.6 Å². The fraction of sp³-hybridized carbons (Fsp3) is 0.294. The van der Waals surface area contributed by atoms with Gasteiger partial charge >= 0.3 is 0 Å². The maximum absolute atomic E-state index is 12.0. The number of aryl methyl sites for hydroxylation is 2. The van der Waals surface area contributed by atoms with Crippen molar-refractivity contribution in [3.05, 3.63) is 53.0 Å². The molecule has 0 saturated carbocycles. The van der Waals surface area contributed by atoms with Gasteiger partial charge in [0.25, 0.3) is 11.8 Å². The van der Waals surface area contributed by atoms with Crippen LogP contribution in [-0.4, -0.2) is 30.0 Å². The van der Waals surface area contributed by atoms with Gasteiger partial charge in [-0.25, -0.2) is 0 Å². The molecule has 0 aliphatic carbocycles. The zero-order valence-corrected chi connectivity index (χ0v) is 13.2. The zero-order chi connectivity index (χ0) is 16.8. The van der Waals surface area contributed by atoms with Crippen molar-refractivity contribution in [3.8, 4) is 5.75 Å². The van der Waals surface area contributed by atoms with Gasteiger partial charge in [0.15, 0.2) is 0 Å². The first kappa shape index (κ1) is 16.6. The standard InChI is InChI=1S/C17H20N2O4/c1-11-10-23-12(2)15(11)17(22)19-9-3-8-18-16(21)13-4-6-14(20)7-5-13/h4-7,10,20H,3,8-9H2,1-2H3,(H,18,21)(H,19,22). The van der Waals surface area contributed by atoms with Crippen LogP contribution >= 0.6 is 0 Å². The van der Waals surface area contributed by atoms with Gasteiger partial charge < -0.3 is 20.2 Å². The van der Waals surface area contributed by atoms with Crippen molar-refractivity contribution in [2.24, 2.45) is 0 Å². The number of hydrogen-bond donors (Lipinski definition) is 3. The Kier molecular flexibility index (Phi) is 5.41. The number of benzene rings is 1. The van der Waals surface area contributed by atoms with E-state index >= 15 is 0 Å². The summed E-state index contributed by atoms with van der Waals surface area (Å²) < 4.78 is 5.20. The third kappa shape index (κ3) is 4.35. The average molecular weight is 316 g/mol. The van der Waals surface area contributed by atoms with E-state index < -0.39 is 0 Å². The Labute approximate surface area is 134 Å². The normalized spacial score (nSPS) is 10.3. The summed E-state index contributed by atoms with van der Waals surface area (Å²) >= 11 is 0. The number of phenolic OH excluding ortho intramolecular Hbond substituents is 1. The van der Waals surface area contributed by atoms with Crippen LogP contribution in [0.3, 0.4) is 0 Å². The molecule has 0 unspecified atom stereocenters. The number of rotatable bonds is 6. The first-order valence-electron chi connectivity index (χ1n) is 7.39. The lowest BCUT2D eigenvalue weighted by Gasteiger charge is -2.07. The van der Waals surface area contributed by atoms with Gasteiger partial charge in [-0.3, -0.25) is 9.59 Å². The Morgan fingerprint density at radius 1 is 1.04 bits per heavy atom. The Bertz CT molecular complexity index is 670. The average Bonchev–Trinajstić information content (AvgIpc) is 2.86. The summed E-state index contributed by atoms with van der Waals surface area (Å²) in [5.41, 5.74) is 1.86. The van der Waals surface area contributed by atoms with Crippen LogP contribution in [0, 0.1) is 13.8 Å². The molecule has 2 amide bonds. The first-order valence-corrected chi connectivity index (χ1v) is 7.39. The molecule has 2 aromatic rings. The molecule has 122 valence electrons. The predicted molar refractivity (Wildman–Crippen MR) is 85.6 cm³/mol. The van der Waals surface area contributed by atoms with E-state index in [9.17, 15) is 14.7 Å². The molecule has 0 atom stereocenters. The second kappa shape index (κ2) is 7.49. The fourth-order valence-corrected chi connectivity index (χ4v) is 2.21. The number of furan rings is 1. The third-order valence-electron chi connectivity index (χ3n) is 3.44. The molecule has 0 fully saturated rings. The molecule has 1 heterocycles. The van der Waals surface area contributed by atoms with Gasteiger partial charge in [0.2, 0.25) is 0 Å². The number of phenols is 1. The van der Waals surface area contributed by atoms with Crippen molar-refractivity contribution in [1.29, 1.82) is 0 Å². The predicted octanol–water partition coefficient (Wildman–Crippen LogP) is 2.15. The minimum atomic E-state index is -0.210. The van der Waals surface area contributed by atoms with Crippen LogP contribution in [0.1, 0.15) is 38.5 Å². The van der Waals surface area contributed by atoms with Gasteiger partial charge in [0.05, 0.1) is 11.8 Å². The van der Waals surface area contributed by atoms with Crippen molar-refractivity contribution in [1.82, 2.24) is 10.6 Å². The summed E-state index contributed by atoms with van der Waals surface area (Å²) in [4.78, 5) is 23.9. The molecular weight excluding hydrogens is 296 g/mol. The molecule has 0 aliphatic heterocycles. The maximum atomic E-state index is 12.0. The lowest BCUT2D eigenvalue weighted by Crippen LogP contribution is -2.30.